The fourth-order valence-corrected chi connectivity index (χ4v) is 1.60. The molecule has 0 radical (unpaired) electrons. The van der Waals surface area contributed by atoms with Crippen molar-refractivity contribution in [1.29, 1.82) is 0 Å². The Kier molecular flexibility index (Phi) is 4.31. The second kappa shape index (κ2) is 6.16. The Morgan fingerprint density at radius 1 is 1.11 bits per heavy atom. The van der Waals surface area contributed by atoms with Crippen LogP contribution in [0.3, 0.4) is 0 Å². The Labute approximate surface area is 116 Å². The summed E-state index contributed by atoms with van der Waals surface area (Å²) in [6.07, 6.45) is 4.53. The first kappa shape index (κ1) is 13.3. The number of aromatic nitrogens is 1. The van der Waals surface area contributed by atoms with E-state index in [4.69, 9.17) is 16.3 Å². The first-order chi connectivity index (χ1) is 9.16. The second-order valence-corrected chi connectivity index (χ2v) is 4.39. The summed E-state index contributed by atoms with van der Waals surface area (Å²) < 4.78 is 5.11. The average Bonchev–Trinajstić information content (AvgIpc) is 2.46. The summed E-state index contributed by atoms with van der Waals surface area (Å²) in [5.74, 6) is -0.407. The zero-order valence-corrected chi connectivity index (χ0v) is 11.1. The van der Waals surface area contributed by atoms with Crippen LogP contribution < -0.4 is 0 Å². The summed E-state index contributed by atoms with van der Waals surface area (Å²) >= 11 is 5.81. The molecule has 0 saturated heterocycles. The van der Waals surface area contributed by atoms with E-state index in [1.807, 2.05) is 19.1 Å². The zero-order chi connectivity index (χ0) is 13.7. The molecule has 96 valence electrons. The summed E-state index contributed by atoms with van der Waals surface area (Å²) in [6, 6.07) is 10.5. The molecule has 0 saturated carbocycles. The lowest BCUT2D eigenvalue weighted by Gasteiger charge is -2.03. The topological polar surface area (TPSA) is 39.2 Å². The van der Waals surface area contributed by atoms with E-state index in [0.717, 1.165) is 11.1 Å². The van der Waals surface area contributed by atoms with Gasteiger partial charge in [0.05, 0.1) is 11.8 Å². The van der Waals surface area contributed by atoms with E-state index in [1.165, 1.54) is 6.26 Å². The van der Waals surface area contributed by atoms with E-state index in [1.54, 1.807) is 36.7 Å². The minimum absolute atomic E-state index is 0.407. The maximum absolute atomic E-state index is 11.7. The molecule has 0 aliphatic rings. The van der Waals surface area contributed by atoms with Crippen LogP contribution in [0, 0.1) is 0 Å². The van der Waals surface area contributed by atoms with Gasteiger partial charge in [-0.1, -0.05) is 23.7 Å². The van der Waals surface area contributed by atoms with E-state index in [2.05, 4.69) is 4.98 Å². The lowest BCUT2D eigenvalue weighted by molar-refractivity contribution is 0.0664. The molecular weight excluding hydrogens is 262 g/mol. The molecule has 0 N–H and O–H groups in total. The molecule has 0 aliphatic carbocycles. The van der Waals surface area contributed by atoms with Crippen LogP contribution in [0.15, 0.2) is 55.1 Å². The van der Waals surface area contributed by atoms with E-state index in [-0.39, 0.29) is 0 Å². The number of ether oxygens (including phenoxy) is 1. The van der Waals surface area contributed by atoms with Crippen LogP contribution in [0.5, 0.6) is 0 Å². The van der Waals surface area contributed by atoms with Gasteiger partial charge in [0.25, 0.3) is 0 Å². The fraction of sp³-hybridized carbons (Fsp3) is 0.0667. The van der Waals surface area contributed by atoms with Gasteiger partial charge in [0.1, 0.15) is 0 Å². The highest BCUT2D eigenvalue weighted by Gasteiger charge is 2.05. The van der Waals surface area contributed by atoms with Crippen LogP contribution >= 0.6 is 11.6 Å². The third kappa shape index (κ3) is 3.66. The van der Waals surface area contributed by atoms with Gasteiger partial charge in [-0.25, -0.2) is 4.79 Å². The van der Waals surface area contributed by atoms with Crippen molar-refractivity contribution in [3.63, 3.8) is 0 Å². The molecule has 2 aromatic rings. The van der Waals surface area contributed by atoms with Gasteiger partial charge in [-0.2, -0.15) is 0 Å². The normalized spacial score (nSPS) is 11.2. The number of benzene rings is 1. The Bertz CT molecular complexity index is 591. The summed E-state index contributed by atoms with van der Waals surface area (Å²) in [7, 11) is 0. The fourth-order valence-electron chi connectivity index (χ4n) is 1.48. The molecule has 0 amide bonds. The van der Waals surface area contributed by atoms with Crippen LogP contribution in [0.1, 0.15) is 22.8 Å². The highest BCUT2D eigenvalue weighted by molar-refractivity contribution is 6.30. The molecule has 19 heavy (non-hydrogen) atoms. The molecule has 4 heteroatoms. The number of pyridine rings is 1. The third-order valence-corrected chi connectivity index (χ3v) is 2.81. The monoisotopic (exact) mass is 273 g/mol. The van der Waals surface area contributed by atoms with Crippen molar-refractivity contribution in [2.24, 2.45) is 0 Å². The van der Waals surface area contributed by atoms with Crippen LogP contribution in [0.4, 0.5) is 0 Å². The smallest absolute Gasteiger partial charge is 0.343 e. The number of esters is 1. The van der Waals surface area contributed by atoms with Gasteiger partial charge in [-0.05, 0) is 42.3 Å². The Balaban J connectivity index is 2.06. The summed E-state index contributed by atoms with van der Waals surface area (Å²) in [4.78, 5) is 15.6. The van der Waals surface area contributed by atoms with E-state index < -0.39 is 5.97 Å². The number of carbonyl (C=O) groups is 1. The largest absolute Gasteiger partial charge is 0.431 e. The van der Waals surface area contributed by atoms with Crippen molar-refractivity contribution < 1.29 is 9.53 Å². The molecular formula is C15H12ClNO2. The Morgan fingerprint density at radius 3 is 2.37 bits per heavy atom. The van der Waals surface area contributed by atoms with Gasteiger partial charge in [0.2, 0.25) is 0 Å². The van der Waals surface area contributed by atoms with Gasteiger partial charge >= 0.3 is 5.97 Å². The zero-order valence-electron chi connectivity index (χ0n) is 10.3. The van der Waals surface area contributed by atoms with Gasteiger partial charge in [0.15, 0.2) is 0 Å². The number of halogens is 1. The molecule has 1 aromatic carbocycles. The van der Waals surface area contributed by atoms with Crippen molar-refractivity contribution in [3.05, 3.63) is 71.2 Å². The molecule has 1 heterocycles. The number of hydrogen-bond donors (Lipinski definition) is 0. The third-order valence-electron chi connectivity index (χ3n) is 2.56. The second-order valence-electron chi connectivity index (χ2n) is 3.95. The molecule has 1 aromatic heterocycles. The van der Waals surface area contributed by atoms with E-state index >= 15 is 0 Å². The number of carbonyl (C=O) groups excluding carboxylic acids is 1. The maximum Gasteiger partial charge on any atom is 0.343 e. The van der Waals surface area contributed by atoms with Crippen molar-refractivity contribution in [2.45, 2.75) is 6.92 Å². The summed E-state index contributed by atoms with van der Waals surface area (Å²) in [6.45, 7) is 1.86. The van der Waals surface area contributed by atoms with Crippen LogP contribution in [-0.4, -0.2) is 11.0 Å². The van der Waals surface area contributed by atoms with Gasteiger partial charge in [0, 0.05) is 17.4 Å². The van der Waals surface area contributed by atoms with E-state index in [0.29, 0.717) is 10.6 Å². The molecule has 3 nitrogen and oxygen atoms in total. The van der Waals surface area contributed by atoms with Gasteiger partial charge in [-0.15, -0.1) is 0 Å². The molecule has 0 unspecified atom stereocenters. The minimum Gasteiger partial charge on any atom is -0.431 e. The number of hydrogen-bond acceptors (Lipinski definition) is 3. The van der Waals surface area contributed by atoms with Crippen molar-refractivity contribution in [1.82, 2.24) is 4.98 Å². The predicted molar refractivity (Wildman–Crippen MR) is 74.8 cm³/mol. The number of rotatable bonds is 3. The summed E-state index contributed by atoms with van der Waals surface area (Å²) in [5.41, 5.74) is 2.26. The highest BCUT2D eigenvalue weighted by atomic mass is 35.5. The first-order valence-corrected chi connectivity index (χ1v) is 6.08. The maximum atomic E-state index is 11.7. The standard InChI is InChI=1S/C15H12ClNO2/c1-11(12-2-4-14(16)5-3-12)10-19-15(18)13-6-8-17-9-7-13/h2-10H,1H3/b11-10+. The van der Waals surface area contributed by atoms with Crippen molar-refractivity contribution >= 4 is 23.1 Å². The van der Waals surface area contributed by atoms with E-state index in [9.17, 15) is 4.79 Å². The van der Waals surface area contributed by atoms with Crippen LogP contribution in [-0.2, 0) is 4.74 Å². The lowest BCUT2D eigenvalue weighted by atomic mass is 10.1. The van der Waals surface area contributed by atoms with Crippen molar-refractivity contribution in [3.8, 4) is 0 Å². The SMILES string of the molecule is C/C(=C\OC(=O)c1ccncc1)c1ccc(Cl)cc1. The van der Waals surface area contributed by atoms with Crippen LogP contribution in [0.2, 0.25) is 5.02 Å². The van der Waals surface area contributed by atoms with Gasteiger partial charge < -0.3 is 4.74 Å². The molecule has 0 atom stereocenters. The Morgan fingerprint density at radius 2 is 1.74 bits per heavy atom. The molecule has 0 aliphatic heterocycles. The molecule has 2 rings (SSSR count). The van der Waals surface area contributed by atoms with Crippen LogP contribution in [0.25, 0.3) is 5.57 Å². The average molecular weight is 274 g/mol. The lowest BCUT2D eigenvalue weighted by Crippen LogP contribution is -2.00. The highest BCUT2D eigenvalue weighted by Crippen LogP contribution is 2.17. The van der Waals surface area contributed by atoms with Crippen molar-refractivity contribution in [2.75, 3.05) is 0 Å². The molecule has 0 spiro atoms. The van der Waals surface area contributed by atoms with Gasteiger partial charge in [-0.3, -0.25) is 4.98 Å². The number of allylic oxidation sites excluding steroid dienone is 1. The summed E-state index contributed by atoms with van der Waals surface area (Å²) in [5, 5.41) is 0.672. The molecule has 0 fully saturated rings. The first-order valence-electron chi connectivity index (χ1n) is 5.70. The number of nitrogens with zero attached hydrogens (tertiary/aromatic N) is 1. The minimum atomic E-state index is -0.407. The quantitative estimate of drug-likeness (QED) is 0.628. The predicted octanol–water partition coefficient (Wildman–Crippen LogP) is 3.95. The Hall–Kier alpha value is -2.13. The molecule has 0 bridgehead atoms.